The largest absolute Gasteiger partial charge is 0.395 e. The summed E-state index contributed by atoms with van der Waals surface area (Å²) in [4.78, 5) is 0.295. The lowest BCUT2D eigenvalue weighted by molar-refractivity contribution is 0.287. The summed E-state index contributed by atoms with van der Waals surface area (Å²) >= 11 is 0. The molecule has 2 atom stereocenters. The van der Waals surface area contributed by atoms with Crippen LogP contribution in [0.5, 0.6) is 0 Å². The second-order valence-corrected chi connectivity index (χ2v) is 5.61. The quantitative estimate of drug-likeness (QED) is 0.759. The number of benzene rings is 1. The van der Waals surface area contributed by atoms with Gasteiger partial charge >= 0.3 is 0 Å². The van der Waals surface area contributed by atoms with Gasteiger partial charge in [0, 0.05) is 6.54 Å². The first kappa shape index (κ1) is 10.6. The Bertz CT molecular complexity index is 452. The molecule has 1 unspecified atom stereocenters. The van der Waals surface area contributed by atoms with Gasteiger partial charge in [0.1, 0.15) is 0 Å². The maximum atomic E-state index is 11.9. The first-order valence-corrected chi connectivity index (χ1v) is 6.19. The van der Waals surface area contributed by atoms with Crippen LogP contribution in [0.3, 0.4) is 0 Å². The highest BCUT2D eigenvalue weighted by Crippen LogP contribution is 2.27. The van der Waals surface area contributed by atoms with Crippen molar-refractivity contribution in [3.8, 4) is 0 Å². The van der Waals surface area contributed by atoms with Gasteiger partial charge in [-0.15, -0.1) is 0 Å². The van der Waals surface area contributed by atoms with E-state index in [-0.39, 0.29) is 12.6 Å². The van der Waals surface area contributed by atoms with Gasteiger partial charge in [0.25, 0.3) is 0 Å². The summed E-state index contributed by atoms with van der Waals surface area (Å²) in [6.07, 6.45) is 0. The van der Waals surface area contributed by atoms with Crippen LogP contribution in [0.15, 0.2) is 29.2 Å². The zero-order valence-electron chi connectivity index (χ0n) is 8.42. The molecule has 0 saturated carbocycles. The van der Waals surface area contributed by atoms with Gasteiger partial charge < -0.3 is 5.11 Å². The molecule has 1 aliphatic heterocycles. The topological polar surface area (TPSA) is 57.4 Å². The molecule has 0 bridgehead atoms. The Morgan fingerprint density at radius 3 is 2.47 bits per heavy atom. The SMILES string of the molecule is Cc1ccc(S(=O)(=O)N2C[C@H]2CO)cc1. The number of sulfonamides is 1. The standard InChI is InChI=1S/C10H13NO3S/c1-8-2-4-10(5-3-8)15(13,14)11-6-9(11)7-12/h2-5,9,12H,6-7H2,1H3/t9-,11?/m0/s1. The molecule has 0 spiro atoms. The first-order valence-electron chi connectivity index (χ1n) is 4.75. The summed E-state index contributed by atoms with van der Waals surface area (Å²) in [6.45, 7) is 2.22. The Morgan fingerprint density at radius 2 is 2.00 bits per heavy atom. The summed E-state index contributed by atoms with van der Waals surface area (Å²) < 4.78 is 25.1. The monoisotopic (exact) mass is 227 g/mol. The van der Waals surface area contributed by atoms with Crippen molar-refractivity contribution in [3.05, 3.63) is 29.8 Å². The zero-order valence-corrected chi connectivity index (χ0v) is 9.24. The van der Waals surface area contributed by atoms with Crippen molar-refractivity contribution in [2.75, 3.05) is 13.2 Å². The zero-order chi connectivity index (χ0) is 11.1. The van der Waals surface area contributed by atoms with Gasteiger partial charge in [0.05, 0.1) is 17.5 Å². The summed E-state index contributed by atoms with van der Waals surface area (Å²) in [5.74, 6) is 0. The predicted molar refractivity (Wildman–Crippen MR) is 55.9 cm³/mol. The lowest BCUT2D eigenvalue weighted by atomic mass is 10.2. The molecule has 5 heteroatoms. The van der Waals surface area contributed by atoms with E-state index >= 15 is 0 Å². The van der Waals surface area contributed by atoms with Crippen LogP contribution in [-0.2, 0) is 10.0 Å². The summed E-state index contributed by atoms with van der Waals surface area (Å²) in [6, 6.07) is 6.50. The van der Waals surface area contributed by atoms with Crippen molar-refractivity contribution < 1.29 is 13.5 Å². The van der Waals surface area contributed by atoms with Crippen molar-refractivity contribution in [1.29, 1.82) is 0 Å². The normalized spacial score (nSPS) is 25.2. The van der Waals surface area contributed by atoms with Crippen molar-refractivity contribution in [2.45, 2.75) is 17.9 Å². The molecule has 1 aromatic carbocycles. The van der Waals surface area contributed by atoms with E-state index < -0.39 is 10.0 Å². The number of hydrogen-bond donors (Lipinski definition) is 1. The van der Waals surface area contributed by atoms with Crippen LogP contribution in [0.1, 0.15) is 5.56 Å². The third-order valence-electron chi connectivity index (χ3n) is 2.50. The van der Waals surface area contributed by atoms with Crippen molar-refractivity contribution in [3.63, 3.8) is 0 Å². The molecule has 0 aromatic heterocycles. The van der Waals surface area contributed by atoms with Crippen molar-refractivity contribution >= 4 is 10.0 Å². The molecule has 0 amide bonds. The molecule has 0 radical (unpaired) electrons. The van der Waals surface area contributed by atoms with Gasteiger partial charge in [0.2, 0.25) is 10.0 Å². The van der Waals surface area contributed by atoms with E-state index in [1.165, 1.54) is 4.31 Å². The maximum absolute atomic E-state index is 11.9. The van der Waals surface area contributed by atoms with Crippen LogP contribution in [-0.4, -0.2) is 37.0 Å². The van der Waals surface area contributed by atoms with Gasteiger partial charge in [-0.05, 0) is 19.1 Å². The molecule has 1 saturated heterocycles. The number of aliphatic hydroxyl groups is 1. The number of rotatable bonds is 3. The number of hydrogen-bond acceptors (Lipinski definition) is 3. The van der Waals surface area contributed by atoms with Gasteiger partial charge in [0.15, 0.2) is 0 Å². The summed E-state index contributed by atoms with van der Waals surface area (Å²) in [5, 5.41) is 8.82. The van der Waals surface area contributed by atoms with Crippen molar-refractivity contribution in [2.24, 2.45) is 0 Å². The van der Waals surface area contributed by atoms with Gasteiger partial charge in [-0.2, -0.15) is 4.31 Å². The summed E-state index contributed by atoms with van der Waals surface area (Å²) in [5.41, 5.74) is 1.03. The molecule has 82 valence electrons. The first-order chi connectivity index (χ1) is 7.05. The van der Waals surface area contributed by atoms with Crippen LogP contribution in [0, 0.1) is 6.92 Å². The third kappa shape index (κ3) is 1.90. The van der Waals surface area contributed by atoms with Crippen LogP contribution in [0.4, 0.5) is 0 Å². The molecule has 1 heterocycles. The molecular formula is C10H13NO3S. The second kappa shape index (κ2) is 3.59. The Balaban J connectivity index is 2.27. The highest BCUT2D eigenvalue weighted by molar-refractivity contribution is 7.89. The summed E-state index contributed by atoms with van der Waals surface area (Å²) in [7, 11) is -3.37. The van der Waals surface area contributed by atoms with E-state index in [4.69, 9.17) is 5.11 Å². The van der Waals surface area contributed by atoms with E-state index in [1.54, 1.807) is 24.3 Å². The Morgan fingerprint density at radius 1 is 1.40 bits per heavy atom. The highest BCUT2D eigenvalue weighted by atomic mass is 32.2. The van der Waals surface area contributed by atoms with Crippen LogP contribution >= 0.6 is 0 Å². The van der Waals surface area contributed by atoms with Crippen molar-refractivity contribution in [1.82, 2.24) is 4.31 Å². The highest BCUT2D eigenvalue weighted by Gasteiger charge is 2.43. The third-order valence-corrected chi connectivity index (χ3v) is 4.44. The molecule has 2 rings (SSSR count). The lowest BCUT2D eigenvalue weighted by Gasteiger charge is -2.05. The molecule has 1 N–H and O–H groups in total. The molecule has 1 aromatic rings. The molecule has 1 aliphatic rings. The average molecular weight is 227 g/mol. The fourth-order valence-corrected chi connectivity index (χ4v) is 3.03. The molecule has 4 nitrogen and oxygen atoms in total. The fraction of sp³-hybridized carbons (Fsp3) is 0.400. The second-order valence-electron chi connectivity index (χ2n) is 3.72. The lowest BCUT2D eigenvalue weighted by Crippen LogP contribution is -2.16. The Labute approximate surface area is 89.2 Å². The maximum Gasteiger partial charge on any atom is 0.243 e. The smallest absolute Gasteiger partial charge is 0.243 e. The number of aliphatic hydroxyl groups excluding tert-OH is 1. The predicted octanol–water partition coefficient (Wildman–Crippen LogP) is 0.360. The molecule has 15 heavy (non-hydrogen) atoms. The van der Waals surface area contributed by atoms with Gasteiger partial charge in [-0.3, -0.25) is 0 Å². The van der Waals surface area contributed by atoms with Gasteiger partial charge in [-0.25, -0.2) is 8.42 Å². The molecule has 0 aliphatic carbocycles. The Hall–Kier alpha value is -0.910. The molecular weight excluding hydrogens is 214 g/mol. The van der Waals surface area contributed by atoms with E-state index in [1.807, 2.05) is 6.92 Å². The molecule has 1 fully saturated rings. The van der Waals surface area contributed by atoms with Gasteiger partial charge in [-0.1, -0.05) is 17.7 Å². The van der Waals surface area contributed by atoms with E-state index in [2.05, 4.69) is 0 Å². The van der Waals surface area contributed by atoms with E-state index in [9.17, 15) is 8.42 Å². The van der Waals surface area contributed by atoms with Crippen LogP contribution in [0.2, 0.25) is 0 Å². The van der Waals surface area contributed by atoms with Crippen LogP contribution in [0.25, 0.3) is 0 Å². The van der Waals surface area contributed by atoms with E-state index in [0.717, 1.165) is 5.56 Å². The number of aryl methyl sites for hydroxylation is 1. The fourth-order valence-electron chi connectivity index (χ4n) is 1.45. The Kier molecular flexibility index (Phi) is 2.54. The minimum absolute atomic E-state index is 0.106. The van der Waals surface area contributed by atoms with E-state index in [0.29, 0.717) is 11.4 Å². The minimum atomic E-state index is -3.37. The number of nitrogens with zero attached hydrogens (tertiary/aromatic N) is 1. The van der Waals surface area contributed by atoms with Crippen LogP contribution < -0.4 is 0 Å². The average Bonchev–Trinajstić information content (AvgIpc) is 2.98. The minimum Gasteiger partial charge on any atom is -0.395 e.